The van der Waals surface area contributed by atoms with E-state index in [0.29, 0.717) is 5.69 Å². The van der Waals surface area contributed by atoms with Crippen LogP contribution in [0.4, 0.5) is 0 Å². The van der Waals surface area contributed by atoms with Crippen molar-refractivity contribution in [1.82, 2.24) is 25.0 Å². The Morgan fingerprint density at radius 2 is 1.91 bits per heavy atom. The smallest absolute Gasteiger partial charge is 0.270 e. The highest BCUT2D eigenvalue weighted by atomic mass is 32.1. The van der Waals surface area contributed by atoms with Crippen LogP contribution in [0.2, 0.25) is 0 Å². The molecule has 1 fully saturated rings. The molecule has 3 aromatic heterocycles. The second-order valence-corrected chi connectivity index (χ2v) is 11.1. The molecule has 4 aromatic rings. The fourth-order valence-electron chi connectivity index (χ4n) is 4.55. The van der Waals surface area contributed by atoms with Crippen molar-refractivity contribution >= 4 is 27.5 Å². The number of thiophene rings is 1. The zero-order valence-corrected chi connectivity index (χ0v) is 21.2. The molecule has 34 heavy (non-hydrogen) atoms. The molecular weight excluding hydrogens is 442 g/mol. The van der Waals surface area contributed by atoms with Crippen molar-refractivity contribution < 1.29 is 4.79 Å². The summed E-state index contributed by atoms with van der Waals surface area (Å²) in [6.45, 7) is 10.4. The summed E-state index contributed by atoms with van der Waals surface area (Å²) < 4.78 is 2.99. The molecule has 1 amide bonds. The van der Waals surface area contributed by atoms with Crippen molar-refractivity contribution in [3.8, 4) is 11.1 Å². The van der Waals surface area contributed by atoms with Crippen LogP contribution in [0.15, 0.2) is 48.0 Å². The summed E-state index contributed by atoms with van der Waals surface area (Å²) in [7, 11) is 1.94. The number of aromatic nitrogens is 3. The Bertz CT molecular complexity index is 1340. The van der Waals surface area contributed by atoms with Gasteiger partial charge in [0.25, 0.3) is 5.91 Å². The predicted molar refractivity (Wildman–Crippen MR) is 138 cm³/mol. The molecular formula is C27H31N5OS. The van der Waals surface area contributed by atoms with Crippen LogP contribution in [0, 0.1) is 6.92 Å². The van der Waals surface area contributed by atoms with E-state index in [9.17, 15) is 4.79 Å². The second kappa shape index (κ2) is 8.64. The Kier molecular flexibility index (Phi) is 5.78. The van der Waals surface area contributed by atoms with Gasteiger partial charge in [0.1, 0.15) is 5.69 Å². The van der Waals surface area contributed by atoms with E-state index in [2.05, 4.69) is 71.5 Å². The zero-order chi connectivity index (χ0) is 24.0. The van der Waals surface area contributed by atoms with Crippen LogP contribution >= 0.6 is 11.3 Å². The number of carbonyl (C=O) groups is 1. The Labute approximate surface area is 204 Å². The van der Waals surface area contributed by atoms with Gasteiger partial charge in [-0.3, -0.25) is 14.4 Å². The number of hydrogen-bond acceptors (Lipinski definition) is 5. The highest BCUT2D eigenvalue weighted by molar-refractivity contribution is 7.17. The van der Waals surface area contributed by atoms with Gasteiger partial charge in [-0.05, 0) is 68.3 Å². The van der Waals surface area contributed by atoms with Gasteiger partial charge in [-0.25, -0.2) is 4.98 Å². The summed E-state index contributed by atoms with van der Waals surface area (Å²) in [6, 6.07) is 12.8. The number of pyridine rings is 1. The van der Waals surface area contributed by atoms with E-state index in [1.807, 2.05) is 36.2 Å². The Balaban J connectivity index is 1.34. The first kappa shape index (κ1) is 22.7. The molecule has 0 atom stereocenters. The van der Waals surface area contributed by atoms with Gasteiger partial charge in [0.2, 0.25) is 0 Å². The first-order valence-electron chi connectivity index (χ1n) is 11.7. The van der Waals surface area contributed by atoms with Crippen LogP contribution in [0.25, 0.3) is 21.3 Å². The molecule has 1 saturated heterocycles. The molecule has 7 heteroatoms. The topological polar surface area (TPSA) is 63.1 Å². The van der Waals surface area contributed by atoms with Crippen LogP contribution in [-0.4, -0.2) is 50.2 Å². The summed E-state index contributed by atoms with van der Waals surface area (Å²) in [5.74, 6) is -0.0877. The van der Waals surface area contributed by atoms with Gasteiger partial charge in [-0.15, -0.1) is 11.3 Å². The molecule has 1 aliphatic rings. The van der Waals surface area contributed by atoms with Crippen LogP contribution < -0.4 is 5.32 Å². The Hall–Kier alpha value is -3.03. The van der Waals surface area contributed by atoms with E-state index in [0.717, 1.165) is 52.1 Å². The lowest BCUT2D eigenvalue weighted by molar-refractivity contribution is 0.0330. The maximum atomic E-state index is 13.0. The molecule has 0 aliphatic carbocycles. The van der Waals surface area contributed by atoms with Gasteiger partial charge in [0.05, 0.1) is 22.0 Å². The van der Waals surface area contributed by atoms with E-state index in [1.165, 1.54) is 5.56 Å². The first-order valence-corrected chi connectivity index (χ1v) is 12.6. The number of fused-ring (bicyclic) bond motifs is 1. The van der Waals surface area contributed by atoms with Crippen LogP contribution in [0.1, 0.15) is 48.1 Å². The summed E-state index contributed by atoms with van der Waals surface area (Å²) in [5, 5.41) is 9.66. The lowest BCUT2D eigenvalue weighted by Gasteiger charge is -2.47. The van der Waals surface area contributed by atoms with Crippen molar-refractivity contribution in [2.75, 3.05) is 13.1 Å². The number of likely N-dealkylation sites (tertiary alicyclic amines) is 1. The van der Waals surface area contributed by atoms with Gasteiger partial charge in [-0.2, -0.15) is 5.10 Å². The van der Waals surface area contributed by atoms with E-state index in [1.54, 1.807) is 11.3 Å². The third-order valence-electron chi connectivity index (χ3n) is 6.56. The van der Waals surface area contributed by atoms with Crippen LogP contribution in [0.5, 0.6) is 0 Å². The van der Waals surface area contributed by atoms with Gasteiger partial charge in [0, 0.05) is 37.4 Å². The molecule has 0 saturated carbocycles. The fourth-order valence-corrected chi connectivity index (χ4v) is 5.40. The molecule has 176 valence electrons. The molecule has 1 aromatic carbocycles. The number of nitrogens with zero attached hydrogens (tertiary/aromatic N) is 4. The maximum Gasteiger partial charge on any atom is 0.270 e. The molecule has 1 aliphatic heterocycles. The molecule has 0 spiro atoms. The number of aryl methyl sites for hydroxylation is 2. The summed E-state index contributed by atoms with van der Waals surface area (Å²) in [4.78, 5) is 20.0. The largest absolute Gasteiger partial charge is 0.345 e. The van der Waals surface area contributed by atoms with Crippen molar-refractivity contribution in [3.05, 3.63) is 70.5 Å². The van der Waals surface area contributed by atoms with Gasteiger partial charge in [-0.1, -0.05) is 24.3 Å². The molecule has 1 N–H and O–H groups in total. The molecule has 0 radical (unpaired) electrons. The maximum absolute atomic E-state index is 13.0. The van der Waals surface area contributed by atoms with Gasteiger partial charge >= 0.3 is 0 Å². The monoisotopic (exact) mass is 473 g/mol. The van der Waals surface area contributed by atoms with E-state index in [-0.39, 0.29) is 17.5 Å². The lowest BCUT2D eigenvalue weighted by atomic mass is 9.97. The van der Waals surface area contributed by atoms with Crippen molar-refractivity contribution in [3.63, 3.8) is 0 Å². The zero-order valence-electron chi connectivity index (χ0n) is 20.4. The SMILES string of the molecule is Cc1nn(C)cc1-c1ccc(Cc2cc(C(=O)NC3CN(C(C)(C)C)C3)nc3ccsc23)cc1. The number of rotatable bonds is 5. The van der Waals surface area contributed by atoms with Gasteiger partial charge in [0.15, 0.2) is 0 Å². The average Bonchev–Trinajstić information content (AvgIpc) is 3.35. The summed E-state index contributed by atoms with van der Waals surface area (Å²) >= 11 is 1.68. The minimum atomic E-state index is -0.0877. The van der Waals surface area contributed by atoms with Crippen molar-refractivity contribution in [2.45, 2.75) is 45.7 Å². The molecule has 6 nitrogen and oxygen atoms in total. The molecule has 4 heterocycles. The summed E-state index contributed by atoms with van der Waals surface area (Å²) in [5.41, 5.74) is 7.20. The lowest BCUT2D eigenvalue weighted by Crippen LogP contribution is -2.64. The highest BCUT2D eigenvalue weighted by Gasteiger charge is 2.35. The van der Waals surface area contributed by atoms with E-state index in [4.69, 9.17) is 0 Å². The van der Waals surface area contributed by atoms with E-state index < -0.39 is 0 Å². The first-order chi connectivity index (χ1) is 16.2. The van der Waals surface area contributed by atoms with E-state index >= 15 is 0 Å². The third-order valence-corrected chi connectivity index (χ3v) is 7.54. The number of amides is 1. The number of carbonyl (C=O) groups excluding carboxylic acids is 1. The van der Waals surface area contributed by atoms with Crippen molar-refractivity contribution in [2.24, 2.45) is 7.05 Å². The minimum Gasteiger partial charge on any atom is -0.345 e. The third kappa shape index (κ3) is 4.50. The molecule has 0 unspecified atom stereocenters. The normalized spacial score (nSPS) is 15.0. The summed E-state index contributed by atoms with van der Waals surface area (Å²) in [6.07, 6.45) is 2.81. The second-order valence-electron chi connectivity index (χ2n) is 10.2. The van der Waals surface area contributed by atoms with Gasteiger partial charge < -0.3 is 5.32 Å². The van der Waals surface area contributed by atoms with Crippen LogP contribution in [-0.2, 0) is 13.5 Å². The Morgan fingerprint density at radius 3 is 2.56 bits per heavy atom. The molecule has 0 bridgehead atoms. The highest BCUT2D eigenvalue weighted by Crippen LogP contribution is 2.28. The number of nitrogens with one attached hydrogen (secondary N) is 1. The van der Waals surface area contributed by atoms with Crippen LogP contribution in [0.3, 0.4) is 0 Å². The average molecular weight is 474 g/mol. The number of hydrogen-bond donors (Lipinski definition) is 1. The standard InChI is InChI=1S/C27H31N5OS/c1-17-22(16-31(5)30-17)19-8-6-18(7-9-19)12-20-13-24(29-23-10-11-34-25(20)23)26(33)28-21-14-32(15-21)27(2,3)4/h6-11,13,16,21H,12,14-15H2,1-5H3,(H,28,33). The number of benzene rings is 1. The fraction of sp³-hybridized carbons (Fsp3) is 0.370. The minimum absolute atomic E-state index is 0.0877. The quantitative estimate of drug-likeness (QED) is 0.452. The molecule has 5 rings (SSSR count). The Morgan fingerprint density at radius 1 is 1.18 bits per heavy atom. The van der Waals surface area contributed by atoms with Crippen molar-refractivity contribution in [1.29, 1.82) is 0 Å². The predicted octanol–water partition coefficient (Wildman–Crippen LogP) is 4.81.